The molecule has 0 aromatic heterocycles. The Bertz CT molecular complexity index is 463. The lowest BCUT2D eigenvalue weighted by Gasteiger charge is -2.19. The second-order valence-corrected chi connectivity index (χ2v) is 5.30. The van der Waals surface area contributed by atoms with Gasteiger partial charge in [-0.15, -0.1) is 0 Å². The molecule has 0 radical (unpaired) electrons. The van der Waals surface area contributed by atoms with Crippen molar-refractivity contribution < 1.29 is 14.6 Å². The Hall–Kier alpha value is -1.77. The minimum Gasteiger partial charge on any atom is -0.490 e. The molecule has 116 valence electrons. The van der Waals surface area contributed by atoms with E-state index in [-0.39, 0.29) is 5.76 Å². The van der Waals surface area contributed by atoms with E-state index in [2.05, 4.69) is 13.8 Å². The van der Waals surface area contributed by atoms with Crippen LogP contribution in [0.5, 0.6) is 0 Å². The van der Waals surface area contributed by atoms with E-state index in [1.807, 2.05) is 30.3 Å². The molecule has 3 heteroatoms. The van der Waals surface area contributed by atoms with Crippen molar-refractivity contribution in [2.45, 2.75) is 46.0 Å². The molecule has 0 aliphatic carbocycles. The lowest BCUT2D eigenvalue weighted by Crippen LogP contribution is -2.10. The van der Waals surface area contributed by atoms with Gasteiger partial charge in [-0.25, -0.2) is 4.79 Å². The number of benzene rings is 1. The van der Waals surface area contributed by atoms with Gasteiger partial charge in [0.15, 0.2) is 0 Å². The van der Waals surface area contributed by atoms with Crippen molar-refractivity contribution >= 4 is 11.5 Å². The topological polar surface area (TPSA) is 46.5 Å². The average Bonchev–Trinajstić information content (AvgIpc) is 2.51. The molecule has 0 bridgehead atoms. The third kappa shape index (κ3) is 5.25. The smallest absolute Gasteiger partial charge is 0.371 e. The van der Waals surface area contributed by atoms with Crippen LogP contribution in [-0.4, -0.2) is 18.2 Å². The van der Waals surface area contributed by atoms with Crippen molar-refractivity contribution in [2.24, 2.45) is 5.92 Å². The maximum Gasteiger partial charge on any atom is 0.371 e. The van der Waals surface area contributed by atoms with Gasteiger partial charge < -0.3 is 9.84 Å². The summed E-state index contributed by atoms with van der Waals surface area (Å²) in [5, 5.41) is 9.38. The first-order valence-corrected chi connectivity index (χ1v) is 7.69. The number of carboxylic acid groups (broad SMARTS) is 1. The van der Waals surface area contributed by atoms with E-state index in [1.54, 1.807) is 0 Å². The van der Waals surface area contributed by atoms with Crippen molar-refractivity contribution in [1.82, 2.24) is 0 Å². The fourth-order valence-electron chi connectivity index (χ4n) is 2.55. The molecule has 0 aliphatic heterocycles. The summed E-state index contributed by atoms with van der Waals surface area (Å²) in [5.74, 6) is -0.442. The number of unbranched alkanes of at least 4 members (excludes halogenated alkanes) is 1. The summed E-state index contributed by atoms with van der Waals surface area (Å²) >= 11 is 0. The molecule has 0 aliphatic rings. The molecule has 1 atom stereocenters. The van der Waals surface area contributed by atoms with Crippen LogP contribution in [0, 0.1) is 5.92 Å². The lowest BCUT2D eigenvalue weighted by molar-refractivity contribution is -0.135. The summed E-state index contributed by atoms with van der Waals surface area (Å²) < 4.78 is 5.16. The highest BCUT2D eigenvalue weighted by Gasteiger charge is 2.20. The zero-order valence-electron chi connectivity index (χ0n) is 13.3. The van der Waals surface area contributed by atoms with Gasteiger partial charge in [0.05, 0.1) is 7.11 Å². The number of aliphatic carboxylic acids is 1. The summed E-state index contributed by atoms with van der Waals surface area (Å²) in [6.45, 7) is 4.34. The molecule has 1 unspecified atom stereocenters. The molecule has 0 saturated heterocycles. The number of carbonyl (C=O) groups is 1. The second-order valence-electron chi connectivity index (χ2n) is 5.30. The van der Waals surface area contributed by atoms with Crippen LogP contribution in [0.1, 0.15) is 51.5 Å². The molecule has 3 nitrogen and oxygen atoms in total. The Morgan fingerprint density at radius 2 is 1.90 bits per heavy atom. The lowest BCUT2D eigenvalue weighted by atomic mass is 9.88. The Kier molecular flexibility index (Phi) is 7.59. The SMILES string of the molecule is CCCCC(CC)CC(=C(OC)C(=O)O)c1ccccc1. The minimum atomic E-state index is -0.998. The number of hydrogen-bond donors (Lipinski definition) is 1. The molecule has 0 fully saturated rings. The van der Waals surface area contributed by atoms with Gasteiger partial charge in [-0.3, -0.25) is 0 Å². The molecule has 21 heavy (non-hydrogen) atoms. The monoisotopic (exact) mass is 290 g/mol. The van der Waals surface area contributed by atoms with E-state index in [9.17, 15) is 9.90 Å². The van der Waals surface area contributed by atoms with Gasteiger partial charge >= 0.3 is 5.97 Å². The molecule has 1 aromatic carbocycles. The molecule has 1 aromatic rings. The van der Waals surface area contributed by atoms with E-state index >= 15 is 0 Å². The fraction of sp³-hybridized carbons (Fsp3) is 0.500. The van der Waals surface area contributed by atoms with Crippen LogP contribution in [0.25, 0.3) is 5.57 Å². The van der Waals surface area contributed by atoms with E-state index in [0.29, 0.717) is 5.92 Å². The number of rotatable bonds is 9. The fourth-order valence-corrected chi connectivity index (χ4v) is 2.55. The summed E-state index contributed by atoms with van der Waals surface area (Å²) in [6, 6.07) is 9.69. The standard InChI is InChI=1S/C18H26O3/c1-4-6-10-14(5-2)13-16(17(21-3)18(19)20)15-11-8-7-9-12-15/h7-9,11-12,14H,4-6,10,13H2,1-3H3,(H,19,20). The molecule has 0 amide bonds. The molecule has 1 N–H and O–H groups in total. The highest BCUT2D eigenvalue weighted by molar-refractivity contribution is 5.94. The molecule has 0 heterocycles. The van der Waals surface area contributed by atoms with Gasteiger partial charge in [0.25, 0.3) is 0 Å². The first-order chi connectivity index (χ1) is 10.1. The van der Waals surface area contributed by atoms with Crippen LogP contribution in [0.15, 0.2) is 36.1 Å². The number of hydrogen-bond acceptors (Lipinski definition) is 2. The van der Waals surface area contributed by atoms with Gasteiger partial charge in [-0.2, -0.15) is 0 Å². The Labute approximate surface area is 127 Å². The first-order valence-electron chi connectivity index (χ1n) is 7.69. The summed E-state index contributed by atoms with van der Waals surface area (Å²) in [5.41, 5.74) is 1.74. The molecule has 0 spiro atoms. The zero-order valence-corrected chi connectivity index (χ0v) is 13.3. The first kappa shape index (κ1) is 17.3. The number of allylic oxidation sites excluding steroid dienone is 1. The Morgan fingerprint density at radius 3 is 2.38 bits per heavy atom. The van der Waals surface area contributed by atoms with Crippen LogP contribution in [0.4, 0.5) is 0 Å². The number of methoxy groups -OCH3 is 1. The molecular formula is C18H26O3. The highest BCUT2D eigenvalue weighted by Crippen LogP contribution is 2.30. The van der Waals surface area contributed by atoms with Crippen molar-refractivity contribution in [3.8, 4) is 0 Å². The zero-order chi connectivity index (χ0) is 15.7. The summed E-state index contributed by atoms with van der Waals surface area (Å²) in [4.78, 5) is 11.4. The van der Waals surface area contributed by atoms with Crippen molar-refractivity contribution in [3.63, 3.8) is 0 Å². The van der Waals surface area contributed by atoms with Crippen LogP contribution >= 0.6 is 0 Å². The highest BCUT2D eigenvalue weighted by atomic mass is 16.5. The normalized spacial score (nSPS) is 13.5. The number of ether oxygens (including phenoxy) is 1. The van der Waals surface area contributed by atoms with Gasteiger partial charge in [0, 0.05) is 5.57 Å². The van der Waals surface area contributed by atoms with E-state index < -0.39 is 5.97 Å². The molecular weight excluding hydrogens is 264 g/mol. The third-order valence-electron chi connectivity index (χ3n) is 3.83. The number of carboxylic acids is 1. The molecule has 1 rings (SSSR count). The Balaban J connectivity index is 3.11. The van der Waals surface area contributed by atoms with E-state index in [1.165, 1.54) is 13.5 Å². The second kappa shape index (κ2) is 9.22. The van der Waals surface area contributed by atoms with Crippen LogP contribution in [-0.2, 0) is 9.53 Å². The van der Waals surface area contributed by atoms with Gasteiger partial charge in [0.2, 0.25) is 5.76 Å². The van der Waals surface area contributed by atoms with Gasteiger partial charge in [-0.05, 0) is 17.9 Å². The maximum absolute atomic E-state index is 11.4. The average molecular weight is 290 g/mol. The van der Waals surface area contributed by atoms with Crippen LogP contribution < -0.4 is 0 Å². The summed E-state index contributed by atoms with van der Waals surface area (Å²) in [7, 11) is 1.43. The Morgan fingerprint density at radius 1 is 1.24 bits per heavy atom. The largest absolute Gasteiger partial charge is 0.490 e. The van der Waals surface area contributed by atoms with Crippen molar-refractivity contribution in [3.05, 3.63) is 41.7 Å². The maximum atomic E-state index is 11.4. The third-order valence-corrected chi connectivity index (χ3v) is 3.83. The minimum absolute atomic E-state index is 0.0659. The van der Waals surface area contributed by atoms with Gasteiger partial charge in [-0.1, -0.05) is 69.9 Å². The quantitative estimate of drug-likeness (QED) is 0.528. The van der Waals surface area contributed by atoms with Crippen molar-refractivity contribution in [1.29, 1.82) is 0 Å². The van der Waals surface area contributed by atoms with E-state index in [4.69, 9.17) is 4.74 Å². The molecule has 0 saturated carbocycles. The predicted molar refractivity (Wildman–Crippen MR) is 85.9 cm³/mol. The van der Waals surface area contributed by atoms with Crippen LogP contribution in [0.3, 0.4) is 0 Å². The predicted octanol–water partition coefficient (Wildman–Crippen LogP) is 4.74. The van der Waals surface area contributed by atoms with E-state index in [0.717, 1.165) is 36.8 Å². The van der Waals surface area contributed by atoms with Crippen LogP contribution in [0.2, 0.25) is 0 Å². The van der Waals surface area contributed by atoms with Gasteiger partial charge in [0.1, 0.15) is 0 Å². The summed E-state index contributed by atoms with van der Waals surface area (Å²) in [6.07, 6.45) is 5.26. The van der Waals surface area contributed by atoms with Crippen molar-refractivity contribution in [2.75, 3.05) is 7.11 Å².